The second kappa shape index (κ2) is 8.66. The van der Waals surface area contributed by atoms with Crippen molar-refractivity contribution in [3.8, 4) is 0 Å². The molecule has 0 aliphatic carbocycles. The summed E-state index contributed by atoms with van der Waals surface area (Å²) < 4.78 is 59.3. The van der Waals surface area contributed by atoms with Crippen LogP contribution in [0.25, 0.3) is 6.08 Å². The van der Waals surface area contributed by atoms with E-state index in [9.17, 15) is 22.0 Å². The van der Waals surface area contributed by atoms with Gasteiger partial charge in [0.1, 0.15) is 17.4 Å². The predicted molar refractivity (Wildman–Crippen MR) is 98.6 cm³/mol. The monoisotopic (exact) mass is 410 g/mol. The lowest BCUT2D eigenvalue weighted by molar-refractivity contribution is -0.127. The number of benzene rings is 1. The number of furan rings is 1. The summed E-state index contributed by atoms with van der Waals surface area (Å²) in [5.41, 5.74) is 0. The third-order valence-corrected chi connectivity index (χ3v) is 6.08. The number of rotatable bonds is 6. The number of carbonyl (C=O) groups excluding carboxylic acids is 1. The Morgan fingerprint density at radius 2 is 1.86 bits per heavy atom. The van der Waals surface area contributed by atoms with Crippen molar-refractivity contribution in [2.45, 2.75) is 17.7 Å². The topological polar surface area (TPSA) is 79.6 Å². The van der Waals surface area contributed by atoms with Gasteiger partial charge in [0.15, 0.2) is 4.90 Å². The number of hydrogen-bond donors (Lipinski definition) is 1. The number of likely N-dealkylation sites (tertiary alicyclic amines) is 1. The first-order valence-corrected chi connectivity index (χ1v) is 10.3. The number of amides is 1. The lowest BCUT2D eigenvalue weighted by Gasteiger charge is -2.31. The smallest absolute Gasteiger partial charge is 0.246 e. The minimum atomic E-state index is -4.29. The van der Waals surface area contributed by atoms with Gasteiger partial charge in [-0.1, -0.05) is 6.07 Å². The van der Waals surface area contributed by atoms with Crippen LogP contribution in [0.3, 0.4) is 0 Å². The molecule has 1 amide bonds. The fraction of sp³-hybridized carbons (Fsp3) is 0.316. The standard InChI is InChI=1S/C19H20F2N2O4S/c20-16-4-1-5-17(21)19(16)28(25,26)22-13-14-8-10-23(11-9-14)18(24)7-6-15-3-2-12-27-15/h1-7,12,14,22H,8-11,13H2/b7-6+. The molecule has 6 nitrogen and oxygen atoms in total. The zero-order valence-electron chi connectivity index (χ0n) is 15.0. The summed E-state index contributed by atoms with van der Waals surface area (Å²) in [6.07, 6.45) is 5.71. The van der Waals surface area contributed by atoms with E-state index in [-0.39, 0.29) is 18.4 Å². The van der Waals surface area contributed by atoms with Crippen molar-refractivity contribution in [3.63, 3.8) is 0 Å². The number of sulfonamides is 1. The van der Waals surface area contributed by atoms with Gasteiger partial charge in [0, 0.05) is 25.7 Å². The summed E-state index contributed by atoms with van der Waals surface area (Å²) in [7, 11) is -4.29. The van der Waals surface area contributed by atoms with Gasteiger partial charge in [-0.15, -0.1) is 0 Å². The number of hydrogen-bond acceptors (Lipinski definition) is 4. The molecule has 0 unspecified atom stereocenters. The molecular weight excluding hydrogens is 390 g/mol. The zero-order valence-corrected chi connectivity index (χ0v) is 15.8. The number of nitrogens with one attached hydrogen (secondary N) is 1. The average molecular weight is 410 g/mol. The second-order valence-corrected chi connectivity index (χ2v) is 8.22. The molecule has 9 heteroatoms. The Kier molecular flexibility index (Phi) is 6.25. The van der Waals surface area contributed by atoms with E-state index in [0.29, 0.717) is 31.7 Å². The number of halogens is 2. The molecule has 1 fully saturated rings. The maximum Gasteiger partial charge on any atom is 0.246 e. The first-order valence-electron chi connectivity index (χ1n) is 8.81. The van der Waals surface area contributed by atoms with E-state index in [2.05, 4.69) is 4.72 Å². The van der Waals surface area contributed by atoms with Crippen LogP contribution in [0, 0.1) is 17.6 Å². The van der Waals surface area contributed by atoms with Crippen molar-refractivity contribution in [2.24, 2.45) is 5.92 Å². The molecule has 150 valence electrons. The molecule has 0 bridgehead atoms. The zero-order chi connectivity index (χ0) is 20.1. The SMILES string of the molecule is O=C(/C=C/c1ccco1)N1CCC(CNS(=O)(=O)c2c(F)cccc2F)CC1. The lowest BCUT2D eigenvalue weighted by atomic mass is 9.97. The second-order valence-electron chi connectivity index (χ2n) is 6.52. The maximum atomic E-state index is 13.7. The van der Waals surface area contributed by atoms with Gasteiger partial charge in [-0.25, -0.2) is 21.9 Å². The van der Waals surface area contributed by atoms with Crippen LogP contribution >= 0.6 is 0 Å². The van der Waals surface area contributed by atoms with Crippen molar-refractivity contribution in [3.05, 3.63) is 60.1 Å². The van der Waals surface area contributed by atoms with Gasteiger partial charge in [-0.2, -0.15) is 0 Å². The Labute approximate surface area is 161 Å². The molecule has 1 N–H and O–H groups in total. The molecular formula is C19H20F2N2O4S. The summed E-state index contributed by atoms with van der Waals surface area (Å²) >= 11 is 0. The van der Waals surface area contributed by atoms with Gasteiger partial charge in [-0.05, 0) is 49.1 Å². The van der Waals surface area contributed by atoms with Crippen molar-refractivity contribution in [1.82, 2.24) is 9.62 Å². The van der Waals surface area contributed by atoms with Crippen LogP contribution in [0.2, 0.25) is 0 Å². The molecule has 2 heterocycles. The number of nitrogens with zero attached hydrogens (tertiary/aromatic N) is 1. The molecule has 1 aliphatic rings. The Morgan fingerprint density at radius 1 is 1.18 bits per heavy atom. The quantitative estimate of drug-likeness (QED) is 0.743. The summed E-state index contributed by atoms with van der Waals surface area (Å²) in [6.45, 7) is 1.00. The highest BCUT2D eigenvalue weighted by molar-refractivity contribution is 7.89. The summed E-state index contributed by atoms with van der Waals surface area (Å²) in [5.74, 6) is -1.85. The molecule has 0 saturated carbocycles. The van der Waals surface area contributed by atoms with Crippen LogP contribution in [0.4, 0.5) is 8.78 Å². The van der Waals surface area contributed by atoms with Crippen LogP contribution in [-0.2, 0) is 14.8 Å². The third kappa shape index (κ3) is 4.85. The van der Waals surface area contributed by atoms with Crippen LogP contribution in [0.15, 0.2) is 52.0 Å². The van der Waals surface area contributed by atoms with E-state index in [4.69, 9.17) is 4.42 Å². The van der Waals surface area contributed by atoms with E-state index in [1.807, 2.05) is 0 Å². The molecule has 1 aliphatic heterocycles. The molecule has 0 radical (unpaired) electrons. The highest BCUT2D eigenvalue weighted by Gasteiger charge is 2.27. The normalized spacial score (nSPS) is 16.0. The fourth-order valence-electron chi connectivity index (χ4n) is 3.04. The van der Waals surface area contributed by atoms with Crippen LogP contribution in [-0.4, -0.2) is 38.9 Å². The van der Waals surface area contributed by atoms with E-state index >= 15 is 0 Å². The Hall–Kier alpha value is -2.52. The van der Waals surface area contributed by atoms with Gasteiger partial charge < -0.3 is 9.32 Å². The molecule has 1 aromatic carbocycles. The van der Waals surface area contributed by atoms with Crippen molar-refractivity contribution in [1.29, 1.82) is 0 Å². The maximum absolute atomic E-state index is 13.7. The summed E-state index contributed by atoms with van der Waals surface area (Å²) in [5, 5.41) is 0. The Morgan fingerprint density at radius 3 is 2.46 bits per heavy atom. The van der Waals surface area contributed by atoms with Gasteiger partial charge in [-0.3, -0.25) is 4.79 Å². The van der Waals surface area contributed by atoms with Crippen LogP contribution < -0.4 is 4.72 Å². The van der Waals surface area contributed by atoms with Gasteiger partial charge >= 0.3 is 0 Å². The van der Waals surface area contributed by atoms with E-state index < -0.39 is 26.6 Å². The van der Waals surface area contributed by atoms with Crippen molar-refractivity contribution >= 4 is 22.0 Å². The largest absolute Gasteiger partial charge is 0.465 e. The highest BCUT2D eigenvalue weighted by atomic mass is 32.2. The van der Waals surface area contributed by atoms with E-state index in [1.54, 1.807) is 23.1 Å². The minimum absolute atomic E-state index is 0.0253. The molecule has 1 aromatic heterocycles. The first kappa shape index (κ1) is 20.2. The molecule has 28 heavy (non-hydrogen) atoms. The van der Waals surface area contributed by atoms with Gasteiger partial charge in [0.05, 0.1) is 6.26 Å². The Balaban J connectivity index is 1.51. The van der Waals surface area contributed by atoms with E-state index in [1.165, 1.54) is 12.3 Å². The lowest BCUT2D eigenvalue weighted by Crippen LogP contribution is -2.41. The average Bonchev–Trinajstić information content (AvgIpc) is 3.18. The molecule has 0 spiro atoms. The van der Waals surface area contributed by atoms with E-state index in [0.717, 1.165) is 18.2 Å². The number of piperidine rings is 1. The molecule has 0 atom stereocenters. The van der Waals surface area contributed by atoms with Crippen LogP contribution in [0.1, 0.15) is 18.6 Å². The van der Waals surface area contributed by atoms with Gasteiger partial charge in [0.25, 0.3) is 0 Å². The first-order chi connectivity index (χ1) is 13.4. The molecule has 3 rings (SSSR count). The Bertz CT molecular complexity index is 930. The fourth-order valence-corrected chi connectivity index (χ4v) is 4.29. The molecule has 1 saturated heterocycles. The minimum Gasteiger partial charge on any atom is -0.465 e. The van der Waals surface area contributed by atoms with Crippen LogP contribution in [0.5, 0.6) is 0 Å². The summed E-state index contributed by atoms with van der Waals surface area (Å²) in [6, 6.07) is 6.37. The van der Waals surface area contributed by atoms with Gasteiger partial charge in [0.2, 0.25) is 15.9 Å². The predicted octanol–water partition coefficient (Wildman–Crippen LogP) is 2.79. The summed E-state index contributed by atoms with van der Waals surface area (Å²) in [4.78, 5) is 12.9. The highest BCUT2D eigenvalue weighted by Crippen LogP contribution is 2.21. The number of carbonyl (C=O) groups is 1. The molecule has 2 aromatic rings. The third-order valence-electron chi connectivity index (χ3n) is 4.61. The van der Waals surface area contributed by atoms with Crippen molar-refractivity contribution < 1.29 is 26.4 Å². The van der Waals surface area contributed by atoms with Crippen molar-refractivity contribution in [2.75, 3.05) is 19.6 Å².